The minimum absolute atomic E-state index is 0.351. The molecule has 0 saturated heterocycles. The zero-order valence-electron chi connectivity index (χ0n) is 20.6. The number of carbonyl (C=O) groups is 1. The van der Waals surface area contributed by atoms with E-state index in [2.05, 4.69) is 11.7 Å². The van der Waals surface area contributed by atoms with Crippen LogP contribution in [-0.4, -0.2) is 12.6 Å². The molecule has 3 aliphatic carbocycles. The van der Waals surface area contributed by atoms with Gasteiger partial charge in [-0.1, -0.05) is 32.6 Å². The van der Waals surface area contributed by atoms with Crippen LogP contribution in [0.25, 0.3) is 0 Å². The van der Waals surface area contributed by atoms with Crippen LogP contribution in [0, 0.1) is 47.1 Å². The Hall–Kier alpha value is -1.79. The number of halogens is 4. The van der Waals surface area contributed by atoms with Gasteiger partial charge in [-0.25, -0.2) is 0 Å². The van der Waals surface area contributed by atoms with Crippen molar-refractivity contribution in [3.63, 3.8) is 0 Å². The van der Waals surface area contributed by atoms with E-state index in [0.29, 0.717) is 18.8 Å². The molecule has 3 aliphatic rings. The first-order chi connectivity index (χ1) is 16.9. The summed E-state index contributed by atoms with van der Waals surface area (Å²) in [5.41, 5.74) is 0. The average molecular weight is 499 g/mol. The number of hydrogen-bond acceptors (Lipinski definition) is 3. The number of unbranched alkanes of at least 4 members (excludes halogenated alkanes) is 1. The number of alkyl halides is 2. The third-order valence-corrected chi connectivity index (χ3v) is 8.94. The molecule has 4 atom stereocenters. The maximum atomic E-state index is 14.2. The van der Waals surface area contributed by atoms with E-state index in [1.165, 1.54) is 57.8 Å². The number of ether oxygens (including phenoxy) is 2. The average Bonchev–Trinajstić information content (AvgIpc) is 2.86. The van der Waals surface area contributed by atoms with Gasteiger partial charge in [0.25, 0.3) is 0 Å². The molecule has 0 amide bonds. The van der Waals surface area contributed by atoms with Crippen LogP contribution in [0.5, 0.6) is 11.5 Å². The van der Waals surface area contributed by atoms with Crippen LogP contribution in [0.2, 0.25) is 0 Å². The quantitative estimate of drug-likeness (QED) is 0.205. The lowest BCUT2D eigenvalue weighted by Crippen LogP contribution is -2.35. The summed E-state index contributed by atoms with van der Waals surface area (Å²) in [7, 11) is 0. The van der Waals surface area contributed by atoms with E-state index < -0.39 is 35.7 Å². The van der Waals surface area contributed by atoms with E-state index >= 15 is 0 Å². The summed E-state index contributed by atoms with van der Waals surface area (Å²) in [4.78, 5) is 12.6. The first-order valence-corrected chi connectivity index (χ1v) is 13.5. The molecule has 3 saturated carbocycles. The van der Waals surface area contributed by atoms with Crippen molar-refractivity contribution in [3.8, 4) is 11.5 Å². The third kappa shape index (κ3) is 6.51. The molecule has 1 aromatic rings. The Balaban J connectivity index is 1.24. The Morgan fingerprint density at radius 3 is 2.11 bits per heavy atom. The van der Waals surface area contributed by atoms with Crippen molar-refractivity contribution < 1.29 is 31.8 Å². The molecule has 3 fully saturated rings. The number of benzene rings is 1. The number of fused-ring (bicyclic) bond motifs is 1. The highest BCUT2D eigenvalue weighted by molar-refractivity contribution is 5.75. The topological polar surface area (TPSA) is 35.5 Å². The van der Waals surface area contributed by atoms with Crippen molar-refractivity contribution >= 4 is 5.97 Å². The molecule has 0 aliphatic heterocycles. The first-order valence-electron chi connectivity index (χ1n) is 13.5. The minimum atomic E-state index is -3.27. The lowest BCUT2D eigenvalue weighted by Gasteiger charge is -2.45. The molecule has 3 nitrogen and oxygen atoms in total. The molecule has 4 unspecified atom stereocenters. The molecule has 1 aromatic carbocycles. The zero-order valence-corrected chi connectivity index (χ0v) is 20.6. The Morgan fingerprint density at radius 2 is 1.43 bits per heavy atom. The maximum absolute atomic E-state index is 14.2. The number of carbonyl (C=O) groups excluding carboxylic acids is 1. The molecule has 0 aromatic heterocycles. The fourth-order valence-electron chi connectivity index (χ4n) is 7.00. The summed E-state index contributed by atoms with van der Waals surface area (Å²) in [6.45, 7) is -1.00. The lowest BCUT2D eigenvalue weighted by atomic mass is 9.60. The molecule has 0 spiro atoms. The molecular formula is C28H38F4O3. The summed E-state index contributed by atoms with van der Waals surface area (Å²) in [6, 6.07) is 1.80. The lowest BCUT2D eigenvalue weighted by molar-refractivity contribution is -0.140. The van der Waals surface area contributed by atoms with Gasteiger partial charge in [-0.15, -0.1) is 0 Å². The molecule has 196 valence electrons. The summed E-state index contributed by atoms with van der Waals surface area (Å²) in [6.07, 6.45) is 15.5. The van der Waals surface area contributed by atoms with Gasteiger partial charge >= 0.3 is 12.6 Å². The summed E-state index contributed by atoms with van der Waals surface area (Å²) in [5, 5.41) is 0. The number of hydrogen-bond donors (Lipinski definition) is 0. The van der Waals surface area contributed by atoms with E-state index in [1.54, 1.807) is 0 Å². The van der Waals surface area contributed by atoms with E-state index in [1.807, 2.05) is 0 Å². The molecule has 35 heavy (non-hydrogen) atoms. The highest BCUT2D eigenvalue weighted by atomic mass is 19.3. The van der Waals surface area contributed by atoms with Gasteiger partial charge in [0.05, 0.1) is 5.92 Å². The maximum Gasteiger partial charge on any atom is 0.387 e. The van der Waals surface area contributed by atoms with Gasteiger partial charge in [-0.2, -0.15) is 17.6 Å². The van der Waals surface area contributed by atoms with Gasteiger partial charge in [0.2, 0.25) is 11.6 Å². The van der Waals surface area contributed by atoms with E-state index in [0.717, 1.165) is 48.6 Å². The first kappa shape index (κ1) is 26.3. The highest BCUT2D eigenvalue weighted by Gasteiger charge is 2.39. The molecule has 0 radical (unpaired) electrons. The molecule has 0 bridgehead atoms. The van der Waals surface area contributed by atoms with Gasteiger partial charge in [-0.05, 0) is 99.5 Å². The second-order valence-corrected chi connectivity index (χ2v) is 11.0. The van der Waals surface area contributed by atoms with E-state index in [9.17, 15) is 22.4 Å². The predicted molar refractivity (Wildman–Crippen MR) is 125 cm³/mol. The second kappa shape index (κ2) is 12.0. The SMILES string of the molecule is CCCCC1CCC2CC(C3CCC(C(=O)Oc4ccc(OC(F)F)c(F)c4F)CC3)CCC2C1. The normalized spacial score (nSPS) is 31.1. The largest absolute Gasteiger partial charge is 0.432 e. The minimum Gasteiger partial charge on any atom is -0.432 e. The Labute approximate surface area is 205 Å². The Kier molecular flexibility index (Phi) is 8.98. The molecular weight excluding hydrogens is 460 g/mol. The Bertz CT molecular complexity index is 853. The van der Waals surface area contributed by atoms with E-state index in [-0.39, 0.29) is 5.92 Å². The summed E-state index contributed by atoms with van der Waals surface area (Å²) >= 11 is 0. The number of rotatable bonds is 8. The van der Waals surface area contributed by atoms with Crippen molar-refractivity contribution in [2.24, 2.45) is 35.5 Å². The predicted octanol–water partition coefficient (Wildman–Crippen LogP) is 8.30. The summed E-state index contributed by atoms with van der Waals surface area (Å²) < 4.78 is 61.8. The van der Waals surface area contributed by atoms with Crippen LogP contribution in [0.4, 0.5) is 17.6 Å². The van der Waals surface area contributed by atoms with Crippen LogP contribution >= 0.6 is 0 Å². The van der Waals surface area contributed by atoms with Crippen molar-refractivity contribution in [2.45, 2.75) is 97.0 Å². The fourth-order valence-corrected chi connectivity index (χ4v) is 7.00. The highest BCUT2D eigenvalue weighted by Crippen LogP contribution is 2.49. The van der Waals surface area contributed by atoms with Gasteiger partial charge in [0.1, 0.15) is 0 Å². The van der Waals surface area contributed by atoms with Gasteiger partial charge in [-0.3, -0.25) is 4.79 Å². The van der Waals surface area contributed by atoms with Gasteiger partial charge in [0.15, 0.2) is 11.5 Å². The molecule has 0 N–H and O–H groups in total. The fraction of sp³-hybridized carbons (Fsp3) is 0.750. The second-order valence-electron chi connectivity index (χ2n) is 11.0. The Morgan fingerprint density at radius 1 is 0.857 bits per heavy atom. The molecule has 4 rings (SSSR count). The van der Waals surface area contributed by atoms with Crippen LogP contribution in [0.15, 0.2) is 12.1 Å². The van der Waals surface area contributed by atoms with E-state index in [4.69, 9.17) is 4.74 Å². The monoisotopic (exact) mass is 498 g/mol. The standard InChI is InChI=1S/C28H38F4O3/c1-2-3-4-17-5-6-22-16-21(12-11-20(22)15-17)18-7-9-19(10-8-18)27(33)34-23-13-14-24(35-28(31)32)26(30)25(23)29/h13-14,17-22,28H,2-12,15-16H2,1H3. The van der Waals surface area contributed by atoms with Gasteiger partial charge in [0, 0.05) is 0 Å². The smallest absolute Gasteiger partial charge is 0.387 e. The van der Waals surface area contributed by atoms with Crippen molar-refractivity contribution in [1.82, 2.24) is 0 Å². The van der Waals surface area contributed by atoms with Crippen molar-refractivity contribution in [2.75, 3.05) is 0 Å². The van der Waals surface area contributed by atoms with Crippen LogP contribution < -0.4 is 9.47 Å². The number of esters is 1. The molecule has 7 heteroatoms. The summed E-state index contributed by atoms with van der Waals surface area (Å²) in [5.74, 6) is -1.47. The van der Waals surface area contributed by atoms with Crippen LogP contribution in [0.3, 0.4) is 0 Å². The molecule has 0 heterocycles. The van der Waals surface area contributed by atoms with Crippen LogP contribution in [-0.2, 0) is 4.79 Å². The van der Waals surface area contributed by atoms with Crippen molar-refractivity contribution in [3.05, 3.63) is 23.8 Å². The van der Waals surface area contributed by atoms with Gasteiger partial charge < -0.3 is 9.47 Å². The van der Waals surface area contributed by atoms with Crippen molar-refractivity contribution in [1.29, 1.82) is 0 Å². The van der Waals surface area contributed by atoms with Crippen LogP contribution in [0.1, 0.15) is 90.4 Å². The third-order valence-electron chi connectivity index (χ3n) is 8.94. The zero-order chi connectivity index (χ0) is 24.9.